The Labute approximate surface area is 120 Å². The SMILES string of the molecule is COCCc1nnc2sc(-c3cccc(OC)c3)nn12. The van der Waals surface area contributed by atoms with Crippen LogP contribution in [-0.4, -0.2) is 40.6 Å². The van der Waals surface area contributed by atoms with Crippen LogP contribution in [0.3, 0.4) is 0 Å². The van der Waals surface area contributed by atoms with Crippen molar-refractivity contribution in [2.75, 3.05) is 20.8 Å². The van der Waals surface area contributed by atoms with E-state index in [1.807, 2.05) is 24.3 Å². The van der Waals surface area contributed by atoms with Gasteiger partial charge in [0.15, 0.2) is 5.82 Å². The van der Waals surface area contributed by atoms with Crippen LogP contribution in [0.1, 0.15) is 5.82 Å². The molecule has 0 fully saturated rings. The largest absolute Gasteiger partial charge is 0.497 e. The summed E-state index contributed by atoms with van der Waals surface area (Å²) in [5, 5.41) is 13.7. The number of hydrogen-bond donors (Lipinski definition) is 0. The highest BCUT2D eigenvalue weighted by Gasteiger charge is 2.13. The molecule has 1 aromatic carbocycles. The van der Waals surface area contributed by atoms with Crippen LogP contribution in [0.25, 0.3) is 15.5 Å². The summed E-state index contributed by atoms with van der Waals surface area (Å²) in [7, 11) is 3.32. The molecule has 0 aliphatic heterocycles. The summed E-state index contributed by atoms with van der Waals surface area (Å²) in [6, 6.07) is 7.82. The number of aromatic nitrogens is 4. The van der Waals surface area contributed by atoms with Crippen molar-refractivity contribution in [3.8, 4) is 16.3 Å². The minimum atomic E-state index is 0.604. The third-order valence-electron chi connectivity index (χ3n) is 2.90. The molecular formula is C13H14N4O2S. The predicted molar refractivity (Wildman–Crippen MR) is 76.2 cm³/mol. The van der Waals surface area contributed by atoms with Crippen molar-refractivity contribution in [3.05, 3.63) is 30.1 Å². The van der Waals surface area contributed by atoms with E-state index in [-0.39, 0.29) is 0 Å². The molecule has 3 rings (SSSR count). The van der Waals surface area contributed by atoms with E-state index >= 15 is 0 Å². The van der Waals surface area contributed by atoms with Gasteiger partial charge in [0.1, 0.15) is 10.8 Å². The lowest BCUT2D eigenvalue weighted by atomic mass is 10.2. The fourth-order valence-corrected chi connectivity index (χ4v) is 2.73. The summed E-state index contributed by atoms with van der Waals surface area (Å²) in [4.78, 5) is 0.786. The zero-order valence-corrected chi connectivity index (χ0v) is 12.1. The molecule has 2 aromatic heterocycles. The Morgan fingerprint density at radius 1 is 1.25 bits per heavy atom. The van der Waals surface area contributed by atoms with Gasteiger partial charge in [0.25, 0.3) is 0 Å². The van der Waals surface area contributed by atoms with Crippen molar-refractivity contribution in [1.82, 2.24) is 19.8 Å². The molecule has 0 bridgehead atoms. The van der Waals surface area contributed by atoms with Gasteiger partial charge in [-0.1, -0.05) is 23.5 Å². The van der Waals surface area contributed by atoms with Gasteiger partial charge in [-0.2, -0.15) is 9.61 Å². The molecular weight excluding hydrogens is 276 g/mol. The number of fused-ring (bicyclic) bond motifs is 1. The van der Waals surface area contributed by atoms with E-state index in [4.69, 9.17) is 9.47 Å². The van der Waals surface area contributed by atoms with Gasteiger partial charge in [-0.15, -0.1) is 10.2 Å². The fraction of sp³-hybridized carbons (Fsp3) is 0.308. The number of nitrogens with zero attached hydrogens (tertiary/aromatic N) is 4. The van der Waals surface area contributed by atoms with Gasteiger partial charge in [0, 0.05) is 19.1 Å². The van der Waals surface area contributed by atoms with Crippen LogP contribution in [0.15, 0.2) is 24.3 Å². The van der Waals surface area contributed by atoms with E-state index in [9.17, 15) is 0 Å². The smallest absolute Gasteiger partial charge is 0.234 e. The monoisotopic (exact) mass is 290 g/mol. The van der Waals surface area contributed by atoms with Crippen molar-refractivity contribution < 1.29 is 9.47 Å². The van der Waals surface area contributed by atoms with Crippen LogP contribution in [0.2, 0.25) is 0 Å². The minimum absolute atomic E-state index is 0.604. The number of ether oxygens (including phenoxy) is 2. The average Bonchev–Trinajstić information content (AvgIpc) is 3.06. The van der Waals surface area contributed by atoms with Crippen LogP contribution in [0, 0.1) is 0 Å². The zero-order chi connectivity index (χ0) is 13.9. The molecule has 20 heavy (non-hydrogen) atoms. The van der Waals surface area contributed by atoms with Gasteiger partial charge in [-0.25, -0.2) is 0 Å². The fourth-order valence-electron chi connectivity index (χ4n) is 1.88. The molecule has 0 radical (unpaired) electrons. The third-order valence-corrected chi connectivity index (χ3v) is 3.85. The second-order valence-electron chi connectivity index (χ2n) is 4.19. The van der Waals surface area contributed by atoms with E-state index < -0.39 is 0 Å². The molecule has 0 amide bonds. The van der Waals surface area contributed by atoms with Gasteiger partial charge in [-0.05, 0) is 12.1 Å². The molecule has 0 atom stereocenters. The Bertz CT molecular complexity index is 722. The van der Waals surface area contributed by atoms with Gasteiger partial charge >= 0.3 is 0 Å². The lowest BCUT2D eigenvalue weighted by Crippen LogP contribution is -2.01. The van der Waals surface area contributed by atoms with Crippen molar-refractivity contribution >= 4 is 16.3 Å². The number of methoxy groups -OCH3 is 2. The number of benzene rings is 1. The lowest BCUT2D eigenvalue weighted by molar-refractivity contribution is 0.200. The van der Waals surface area contributed by atoms with Crippen molar-refractivity contribution in [1.29, 1.82) is 0 Å². The average molecular weight is 290 g/mol. The summed E-state index contributed by atoms with van der Waals surface area (Å²) < 4.78 is 12.1. The highest BCUT2D eigenvalue weighted by molar-refractivity contribution is 7.19. The first-order chi connectivity index (χ1) is 9.81. The zero-order valence-electron chi connectivity index (χ0n) is 11.2. The minimum Gasteiger partial charge on any atom is -0.497 e. The summed E-state index contributed by atoms with van der Waals surface area (Å²) in [5.41, 5.74) is 1.01. The maximum atomic E-state index is 5.23. The predicted octanol–water partition coefficient (Wildman–Crippen LogP) is 2.05. The van der Waals surface area contributed by atoms with Crippen LogP contribution in [-0.2, 0) is 11.2 Å². The Balaban J connectivity index is 1.97. The second-order valence-corrected chi connectivity index (χ2v) is 5.15. The summed E-state index contributed by atoms with van der Waals surface area (Å²) in [5.74, 6) is 1.63. The molecule has 6 nitrogen and oxygen atoms in total. The molecule has 0 saturated heterocycles. The molecule has 0 aliphatic rings. The molecule has 0 spiro atoms. The van der Waals surface area contributed by atoms with E-state index in [0.29, 0.717) is 13.0 Å². The van der Waals surface area contributed by atoms with Crippen molar-refractivity contribution in [2.24, 2.45) is 0 Å². The first-order valence-corrected chi connectivity index (χ1v) is 6.98. The quantitative estimate of drug-likeness (QED) is 0.719. The van der Waals surface area contributed by atoms with E-state index in [1.165, 1.54) is 11.3 Å². The number of hydrogen-bond acceptors (Lipinski definition) is 6. The summed E-state index contributed by atoms with van der Waals surface area (Å²) >= 11 is 1.51. The van der Waals surface area contributed by atoms with E-state index in [0.717, 1.165) is 27.1 Å². The normalized spacial score (nSPS) is 11.1. The van der Waals surface area contributed by atoms with Crippen LogP contribution >= 0.6 is 11.3 Å². The molecule has 7 heteroatoms. The Hall–Kier alpha value is -1.99. The first kappa shape index (κ1) is 13.0. The van der Waals surface area contributed by atoms with Crippen LogP contribution in [0.5, 0.6) is 5.75 Å². The van der Waals surface area contributed by atoms with Gasteiger partial charge in [-0.3, -0.25) is 0 Å². The van der Waals surface area contributed by atoms with Gasteiger partial charge in [0.05, 0.1) is 13.7 Å². The molecule has 2 heterocycles. The van der Waals surface area contributed by atoms with Crippen LogP contribution in [0.4, 0.5) is 0 Å². The van der Waals surface area contributed by atoms with E-state index in [1.54, 1.807) is 18.7 Å². The Kier molecular flexibility index (Phi) is 3.62. The summed E-state index contributed by atoms with van der Waals surface area (Å²) in [6.45, 7) is 0.604. The Morgan fingerprint density at radius 3 is 2.95 bits per heavy atom. The highest BCUT2D eigenvalue weighted by Crippen LogP contribution is 2.28. The molecule has 0 saturated carbocycles. The highest BCUT2D eigenvalue weighted by atomic mass is 32.1. The molecule has 0 N–H and O–H groups in total. The lowest BCUT2D eigenvalue weighted by Gasteiger charge is -2.00. The van der Waals surface area contributed by atoms with E-state index in [2.05, 4.69) is 15.3 Å². The van der Waals surface area contributed by atoms with Gasteiger partial charge in [0.2, 0.25) is 4.96 Å². The standard InChI is InChI=1S/C13H14N4O2S/c1-18-7-6-11-14-15-13-17(11)16-12(20-13)9-4-3-5-10(8-9)19-2/h3-5,8H,6-7H2,1-2H3. The molecule has 0 unspecified atom stereocenters. The number of rotatable bonds is 5. The topological polar surface area (TPSA) is 61.5 Å². The van der Waals surface area contributed by atoms with Crippen molar-refractivity contribution in [2.45, 2.75) is 6.42 Å². The third kappa shape index (κ3) is 2.37. The van der Waals surface area contributed by atoms with Crippen molar-refractivity contribution in [3.63, 3.8) is 0 Å². The Morgan fingerprint density at radius 2 is 2.15 bits per heavy atom. The molecule has 104 valence electrons. The van der Waals surface area contributed by atoms with Gasteiger partial charge < -0.3 is 9.47 Å². The first-order valence-electron chi connectivity index (χ1n) is 6.16. The molecule has 3 aromatic rings. The van der Waals surface area contributed by atoms with Crippen LogP contribution < -0.4 is 4.74 Å². The maximum absolute atomic E-state index is 5.23. The maximum Gasteiger partial charge on any atom is 0.234 e. The summed E-state index contributed by atoms with van der Waals surface area (Å²) in [6.07, 6.45) is 0.693. The second kappa shape index (κ2) is 5.56. The molecule has 0 aliphatic carbocycles.